The van der Waals surface area contributed by atoms with Crippen LogP contribution in [0.3, 0.4) is 0 Å². The fourth-order valence-corrected chi connectivity index (χ4v) is 4.52. The zero-order valence-electron chi connectivity index (χ0n) is 18.8. The van der Waals surface area contributed by atoms with Gasteiger partial charge in [0.2, 0.25) is 5.88 Å². The van der Waals surface area contributed by atoms with E-state index in [4.69, 9.17) is 14.2 Å². The minimum Gasteiger partial charge on any atom is -0.487 e. The largest absolute Gasteiger partial charge is 0.487 e. The number of para-hydroxylation sites is 1. The Morgan fingerprint density at radius 1 is 1.19 bits per heavy atom. The maximum Gasteiger partial charge on any atom is 0.218 e. The van der Waals surface area contributed by atoms with Gasteiger partial charge in [0.05, 0.1) is 12.6 Å². The molecular formula is C24H33IN4O3. The summed E-state index contributed by atoms with van der Waals surface area (Å²) in [5.41, 5.74) is 2.10. The standard InChI is InChI=1S/C24H32N4O3.HI/c1-25-23(27-17-18-8-7-13-26-22(18)30-15-14-29-2)28-20-16-24(11-5-6-12-24)31-21-10-4-3-9-19(20)21;/h3-4,7-10,13,20H,5-6,11-12,14-17H2,1-2H3,(H2,25,27,28);1H. The number of nitrogens with one attached hydrogen (secondary N) is 2. The smallest absolute Gasteiger partial charge is 0.218 e. The van der Waals surface area contributed by atoms with Gasteiger partial charge in [0, 0.05) is 44.4 Å². The Hall–Kier alpha value is -2.07. The number of benzene rings is 1. The number of halogens is 1. The zero-order chi connectivity index (χ0) is 21.5. The molecule has 1 saturated carbocycles. The van der Waals surface area contributed by atoms with Gasteiger partial charge in [-0.1, -0.05) is 24.3 Å². The molecule has 32 heavy (non-hydrogen) atoms. The molecule has 0 radical (unpaired) electrons. The van der Waals surface area contributed by atoms with E-state index in [-0.39, 0.29) is 35.6 Å². The van der Waals surface area contributed by atoms with Crippen molar-refractivity contribution in [3.05, 3.63) is 53.7 Å². The lowest BCUT2D eigenvalue weighted by Crippen LogP contribution is -2.46. The van der Waals surface area contributed by atoms with Crippen LogP contribution in [-0.2, 0) is 11.3 Å². The van der Waals surface area contributed by atoms with Crippen molar-refractivity contribution < 1.29 is 14.2 Å². The van der Waals surface area contributed by atoms with Crippen LogP contribution >= 0.6 is 24.0 Å². The maximum absolute atomic E-state index is 6.48. The predicted molar refractivity (Wildman–Crippen MR) is 136 cm³/mol. The molecule has 1 atom stereocenters. The highest BCUT2D eigenvalue weighted by Crippen LogP contribution is 2.46. The van der Waals surface area contributed by atoms with Crippen molar-refractivity contribution >= 4 is 29.9 Å². The number of hydrogen-bond donors (Lipinski definition) is 2. The number of aliphatic imine (C=N–C) groups is 1. The van der Waals surface area contributed by atoms with Gasteiger partial charge in [-0.2, -0.15) is 0 Å². The van der Waals surface area contributed by atoms with Gasteiger partial charge in [0.1, 0.15) is 18.0 Å². The fourth-order valence-electron chi connectivity index (χ4n) is 4.52. The molecular weight excluding hydrogens is 519 g/mol. The normalized spacial score (nSPS) is 18.9. The van der Waals surface area contributed by atoms with E-state index in [9.17, 15) is 0 Å². The molecule has 1 unspecified atom stereocenters. The third-order valence-electron chi connectivity index (χ3n) is 6.07. The molecule has 0 amide bonds. The molecule has 2 heterocycles. The molecule has 1 aromatic carbocycles. The number of nitrogens with zero attached hydrogens (tertiary/aromatic N) is 2. The summed E-state index contributed by atoms with van der Waals surface area (Å²) in [5, 5.41) is 7.05. The summed E-state index contributed by atoms with van der Waals surface area (Å²) >= 11 is 0. The average molecular weight is 552 g/mol. The van der Waals surface area contributed by atoms with Gasteiger partial charge in [-0.3, -0.25) is 4.99 Å². The lowest BCUT2D eigenvalue weighted by atomic mass is 9.86. The lowest BCUT2D eigenvalue weighted by Gasteiger charge is -2.40. The van der Waals surface area contributed by atoms with Gasteiger partial charge in [-0.05, 0) is 37.8 Å². The van der Waals surface area contributed by atoms with E-state index < -0.39 is 0 Å². The topological polar surface area (TPSA) is 77.0 Å². The predicted octanol–water partition coefficient (Wildman–Crippen LogP) is 4.23. The van der Waals surface area contributed by atoms with Crippen LogP contribution in [0.25, 0.3) is 0 Å². The molecule has 1 aliphatic heterocycles. The highest BCUT2D eigenvalue weighted by molar-refractivity contribution is 14.0. The van der Waals surface area contributed by atoms with E-state index in [2.05, 4.69) is 38.8 Å². The molecule has 1 aromatic heterocycles. The number of pyridine rings is 1. The number of guanidine groups is 1. The Kier molecular flexibility index (Phi) is 8.98. The van der Waals surface area contributed by atoms with Crippen LogP contribution in [0.15, 0.2) is 47.6 Å². The van der Waals surface area contributed by atoms with Crippen LogP contribution in [0.1, 0.15) is 49.3 Å². The van der Waals surface area contributed by atoms with Crippen molar-refractivity contribution in [2.45, 2.75) is 50.3 Å². The minimum atomic E-state index is -0.0589. The lowest BCUT2D eigenvalue weighted by molar-refractivity contribution is 0.0396. The number of fused-ring (bicyclic) bond motifs is 1. The minimum absolute atomic E-state index is 0. The van der Waals surface area contributed by atoms with E-state index in [1.54, 1.807) is 20.4 Å². The number of hydrogen-bond acceptors (Lipinski definition) is 5. The van der Waals surface area contributed by atoms with E-state index in [0.717, 1.165) is 36.5 Å². The summed E-state index contributed by atoms with van der Waals surface area (Å²) in [6.07, 6.45) is 7.37. The summed E-state index contributed by atoms with van der Waals surface area (Å²) in [4.78, 5) is 8.82. The first-order valence-corrected chi connectivity index (χ1v) is 11.0. The molecule has 2 aliphatic rings. The monoisotopic (exact) mass is 552 g/mol. The summed E-state index contributed by atoms with van der Waals surface area (Å²) in [5.74, 6) is 2.36. The molecule has 1 spiro atoms. The van der Waals surface area contributed by atoms with Gasteiger partial charge in [-0.15, -0.1) is 24.0 Å². The molecule has 2 aromatic rings. The Bertz CT molecular complexity index is 902. The first-order valence-electron chi connectivity index (χ1n) is 11.0. The highest BCUT2D eigenvalue weighted by Gasteiger charge is 2.43. The number of aromatic nitrogens is 1. The first kappa shape index (κ1) is 24.6. The van der Waals surface area contributed by atoms with Crippen molar-refractivity contribution in [2.75, 3.05) is 27.4 Å². The molecule has 2 N–H and O–H groups in total. The fraction of sp³-hybridized carbons (Fsp3) is 0.500. The van der Waals surface area contributed by atoms with Crippen LogP contribution < -0.4 is 20.1 Å². The van der Waals surface area contributed by atoms with Gasteiger partial charge in [-0.25, -0.2) is 4.98 Å². The molecule has 1 fully saturated rings. The second-order valence-electron chi connectivity index (χ2n) is 8.17. The third-order valence-corrected chi connectivity index (χ3v) is 6.07. The van der Waals surface area contributed by atoms with Crippen LogP contribution in [0.4, 0.5) is 0 Å². The van der Waals surface area contributed by atoms with Crippen LogP contribution in [0.5, 0.6) is 11.6 Å². The Labute approximate surface area is 207 Å². The molecule has 8 heteroatoms. The quantitative estimate of drug-likeness (QED) is 0.232. The molecule has 7 nitrogen and oxygen atoms in total. The Balaban J connectivity index is 0.00000289. The summed E-state index contributed by atoms with van der Waals surface area (Å²) in [7, 11) is 3.45. The number of methoxy groups -OCH3 is 1. The van der Waals surface area contributed by atoms with Gasteiger partial charge < -0.3 is 24.8 Å². The van der Waals surface area contributed by atoms with Crippen molar-refractivity contribution in [1.29, 1.82) is 0 Å². The molecule has 174 valence electrons. The Morgan fingerprint density at radius 3 is 2.78 bits per heavy atom. The SMILES string of the molecule is CN=C(NCc1cccnc1OCCOC)NC1CC2(CCCC2)Oc2ccccc21.I. The first-order chi connectivity index (χ1) is 15.2. The summed E-state index contributed by atoms with van der Waals surface area (Å²) < 4.78 is 17.3. The maximum atomic E-state index is 6.48. The van der Waals surface area contributed by atoms with Crippen molar-refractivity contribution in [2.24, 2.45) is 4.99 Å². The molecule has 1 aliphatic carbocycles. The highest BCUT2D eigenvalue weighted by atomic mass is 127. The average Bonchev–Trinajstić information content (AvgIpc) is 3.24. The molecule has 0 saturated heterocycles. The van der Waals surface area contributed by atoms with Crippen molar-refractivity contribution in [3.63, 3.8) is 0 Å². The summed E-state index contributed by atoms with van der Waals surface area (Å²) in [6.45, 7) is 1.55. The van der Waals surface area contributed by atoms with Crippen molar-refractivity contribution in [1.82, 2.24) is 15.6 Å². The molecule has 4 rings (SSSR count). The second-order valence-corrected chi connectivity index (χ2v) is 8.17. The van der Waals surface area contributed by atoms with Crippen molar-refractivity contribution in [3.8, 4) is 11.6 Å². The second kappa shape index (κ2) is 11.7. The number of ether oxygens (including phenoxy) is 3. The molecule has 0 bridgehead atoms. The van der Waals surface area contributed by atoms with E-state index in [1.165, 1.54) is 18.4 Å². The van der Waals surface area contributed by atoms with Gasteiger partial charge in [0.25, 0.3) is 0 Å². The van der Waals surface area contributed by atoms with Crippen LogP contribution in [-0.4, -0.2) is 43.9 Å². The van der Waals surface area contributed by atoms with Gasteiger partial charge >= 0.3 is 0 Å². The third kappa shape index (κ3) is 5.83. The van der Waals surface area contributed by atoms with Crippen LogP contribution in [0.2, 0.25) is 0 Å². The van der Waals surface area contributed by atoms with Crippen LogP contribution in [0, 0.1) is 0 Å². The van der Waals surface area contributed by atoms with E-state index in [1.807, 2.05) is 18.2 Å². The Morgan fingerprint density at radius 2 is 2.00 bits per heavy atom. The number of rotatable bonds is 7. The van der Waals surface area contributed by atoms with E-state index >= 15 is 0 Å². The van der Waals surface area contributed by atoms with E-state index in [0.29, 0.717) is 25.6 Å². The summed E-state index contributed by atoms with van der Waals surface area (Å²) in [6, 6.07) is 12.4. The van der Waals surface area contributed by atoms with Gasteiger partial charge in [0.15, 0.2) is 5.96 Å². The zero-order valence-corrected chi connectivity index (χ0v) is 21.1.